The van der Waals surface area contributed by atoms with Crippen LogP contribution in [0.5, 0.6) is 28.7 Å². The first-order valence-corrected chi connectivity index (χ1v) is 13.7. The van der Waals surface area contributed by atoms with E-state index in [2.05, 4.69) is 6.07 Å². The van der Waals surface area contributed by atoms with Crippen molar-refractivity contribution in [2.75, 3.05) is 13.7 Å². The monoisotopic (exact) mass is 576 g/mol. The number of fused-ring (bicyclic) bond motifs is 1. The Kier molecular flexibility index (Phi) is 8.54. The number of hydrogen-bond acceptors (Lipinski definition) is 8. The van der Waals surface area contributed by atoms with Crippen LogP contribution in [-0.2, 0) is 11.4 Å². The Labute approximate surface area is 250 Å². The standard InChI is InChI=1S/C35H32N2O6/c1-21-5-8-24(9-6-21)19-41-30-14-10-25(16-32(30)39-4)34-28-13-12-27(17-31(28)43-35(37)29(34)18-36)42-33(38)20-40-26-11-7-22(2)23(3)15-26/h5-17,34H,19-20,37H2,1-4H3. The highest BCUT2D eigenvalue weighted by Gasteiger charge is 2.32. The molecule has 4 aromatic carbocycles. The average molecular weight is 577 g/mol. The molecule has 1 unspecified atom stereocenters. The lowest BCUT2D eigenvalue weighted by molar-refractivity contribution is -0.136. The highest BCUT2D eigenvalue weighted by Crippen LogP contribution is 2.45. The predicted octanol–water partition coefficient (Wildman–Crippen LogP) is 6.40. The molecule has 1 aliphatic heterocycles. The van der Waals surface area contributed by atoms with Gasteiger partial charge in [-0.15, -0.1) is 0 Å². The van der Waals surface area contributed by atoms with Crippen molar-refractivity contribution in [3.8, 4) is 34.8 Å². The van der Waals surface area contributed by atoms with Crippen LogP contribution < -0.4 is 29.4 Å². The maximum atomic E-state index is 12.5. The van der Waals surface area contributed by atoms with Crippen molar-refractivity contribution < 1.29 is 28.5 Å². The van der Waals surface area contributed by atoms with Gasteiger partial charge in [-0.3, -0.25) is 0 Å². The van der Waals surface area contributed by atoms with Crippen LogP contribution in [0, 0.1) is 32.1 Å². The smallest absolute Gasteiger partial charge is 0.349 e. The zero-order chi connectivity index (χ0) is 30.5. The highest BCUT2D eigenvalue weighted by molar-refractivity contribution is 5.74. The molecule has 1 aliphatic rings. The van der Waals surface area contributed by atoms with Crippen LogP contribution in [0.4, 0.5) is 0 Å². The molecular formula is C35H32N2O6. The summed E-state index contributed by atoms with van der Waals surface area (Å²) >= 11 is 0. The molecule has 0 aliphatic carbocycles. The van der Waals surface area contributed by atoms with Crippen LogP contribution in [0.1, 0.15) is 39.3 Å². The Hall–Kier alpha value is -5.42. The van der Waals surface area contributed by atoms with E-state index < -0.39 is 11.9 Å². The summed E-state index contributed by atoms with van der Waals surface area (Å²) in [5.74, 6) is 1.17. The van der Waals surface area contributed by atoms with Crippen LogP contribution >= 0.6 is 0 Å². The molecule has 1 atom stereocenters. The minimum Gasteiger partial charge on any atom is -0.493 e. The molecule has 0 saturated heterocycles. The summed E-state index contributed by atoms with van der Waals surface area (Å²) in [6.07, 6.45) is 0. The molecular weight excluding hydrogens is 544 g/mol. The lowest BCUT2D eigenvalue weighted by atomic mass is 9.83. The highest BCUT2D eigenvalue weighted by atomic mass is 16.6. The number of esters is 1. The van der Waals surface area contributed by atoms with Gasteiger partial charge in [0, 0.05) is 11.6 Å². The zero-order valence-corrected chi connectivity index (χ0v) is 24.5. The minimum absolute atomic E-state index is 0.0276. The summed E-state index contributed by atoms with van der Waals surface area (Å²) in [7, 11) is 1.56. The SMILES string of the molecule is COc1cc(C2C(C#N)=C(N)Oc3cc(OC(=O)COc4ccc(C)c(C)c4)ccc32)ccc1OCc1ccc(C)cc1. The number of benzene rings is 4. The van der Waals surface area contributed by atoms with Crippen LogP contribution in [0.15, 0.2) is 90.3 Å². The molecule has 0 radical (unpaired) electrons. The summed E-state index contributed by atoms with van der Waals surface area (Å²) in [6.45, 7) is 6.13. The summed E-state index contributed by atoms with van der Waals surface area (Å²) in [6, 6.07) is 26.4. The second kappa shape index (κ2) is 12.6. The molecule has 0 aromatic heterocycles. The van der Waals surface area contributed by atoms with E-state index in [1.807, 2.05) is 81.4 Å². The van der Waals surface area contributed by atoms with E-state index in [4.69, 9.17) is 29.4 Å². The van der Waals surface area contributed by atoms with E-state index in [1.165, 1.54) is 5.56 Å². The molecule has 0 fully saturated rings. The molecule has 0 spiro atoms. The van der Waals surface area contributed by atoms with Gasteiger partial charge in [0.1, 0.15) is 35.5 Å². The van der Waals surface area contributed by atoms with E-state index in [1.54, 1.807) is 25.3 Å². The molecule has 8 nitrogen and oxygen atoms in total. The predicted molar refractivity (Wildman–Crippen MR) is 161 cm³/mol. The number of methoxy groups -OCH3 is 1. The second-order valence-corrected chi connectivity index (χ2v) is 10.3. The number of rotatable bonds is 9. The first kappa shape index (κ1) is 29.1. The number of nitrogens with two attached hydrogens (primary N) is 1. The van der Waals surface area contributed by atoms with Crippen molar-refractivity contribution in [2.45, 2.75) is 33.3 Å². The van der Waals surface area contributed by atoms with E-state index in [-0.39, 0.29) is 23.8 Å². The van der Waals surface area contributed by atoms with E-state index in [9.17, 15) is 10.1 Å². The molecule has 218 valence electrons. The van der Waals surface area contributed by atoms with Gasteiger partial charge in [-0.05, 0) is 73.4 Å². The molecule has 5 rings (SSSR count). The topological polar surface area (TPSA) is 113 Å². The number of ether oxygens (including phenoxy) is 5. The van der Waals surface area contributed by atoms with Crippen LogP contribution in [0.3, 0.4) is 0 Å². The number of carbonyl (C=O) groups is 1. The maximum absolute atomic E-state index is 12.5. The summed E-state index contributed by atoms with van der Waals surface area (Å²) in [5.41, 5.74) is 12.3. The van der Waals surface area contributed by atoms with Gasteiger partial charge < -0.3 is 29.4 Å². The zero-order valence-electron chi connectivity index (χ0n) is 24.5. The van der Waals surface area contributed by atoms with Crippen molar-refractivity contribution in [3.05, 3.63) is 124 Å². The second-order valence-electron chi connectivity index (χ2n) is 10.3. The summed E-state index contributed by atoms with van der Waals surface area (Å²) < 4.78 is 28.6. The van der Waals surface area contributed by atoms with Crippen molar-refractivity contribution in [1.29, 1.82) is 5.26 Å². The molecule has 8 heteroatoms. The van der Waals surface area contributed by atoms with Crippen molar-refractivity contribution in [3.63, 3.8) is 0 Å². The Morgan fingerprint density at radius 3 is 2.37 bits per heavy atom. The number of carbonyl (C=O) groups excluding carboxylic acids is 1. The maximum Gasteiger partial charge on any atom is 0.349 e. The number of hydrogen-bond donors (Lipinski definition) is 1. The molecule has 0 amide bonds. The van der Waals surface area contributed by atoms with Gasteiger partial charge in [-0.2, -0.15) is 5.26 Å². The van der Waals surface area contributed by atoms with Crippen molar-refractivity contribution in [1.82, 2.24) is 0 Å². The van der Waals surface area contributed by atoms with Crippen LogP contribution in [-0.4, -0.2) is 19.7 Å². The largest absolute Gasteiger partial charge is 0.493 e. The third-order valence-electron chi connectivity index (χ3n) is 7.29. The Morgan fingerprint density at radius 1 is 0.884 bits per heavy atom. The van der Waals surface area contributed by atoms with Crippen molar-refractivity contribution in [2.24, 2.45) is 5.73 Å². The van der Waals surface area contributed by atoms with E-state index in [0.29, 0.717) is 35.2 Å². The van der Waals surface area contributed by atoms with Gasteiger partial charge >= 0.3 is 5.97 Å². The minimum atomic E-state index is -0.572. The van der Waals surface area contributed by atoms with Gasteiger partial charge in [-0.1, -0.05) is 48.0 Å². The molecule has 2 N–H and O–H groups in total. The van der Waals surface area contributed by atoms with Gasteiger partial charge in [0.05, 0.1) is 13.0 Å². The van der Waals surface area contributed by atoms with Crippen molar-refractivity contribution >= 4 is 5.97 Å². The Morgan fingerprint density at radius 2 is 1.65 bits per heavy atom. The average Bonchev–Trinajstić information content (AvgIpc) is 3.00. The number of aryl methyl sites for hydroxylation is 3. The quantitative estimate of drug-likeness (QED) is 0.180. The first-order valence-electron chi connectivity index (χ1n) is 13.7. The van der Waals surface area contributed by atoms with Crippen LogP contribution in [0.2, 0.25) is 0 Å². The van der Waals surface area contributed by atoms with Crippen LogP contribution in [0.25, 0.3) is 0 Å². The van der Waals surface area contributed by atoms with E-state index in [0.717, 1.165) is 22.3 Å². The lowest BCUT2D eigenvalue weighted by Crippen LogP contribution is -2.22. The van der Waals surface area contributed by atoms with Gasteiger partial charge in [0.15, 0.2) is 18.1 Å². The Bertz CT molecular complexity index is 1740. The van der Waals surface area contributed by atoms with Gasteiger partial charge in [0.2, 0.25) is 5.88 Å². The fraction of sp³-hybridized carbons (Fsp3) is 0.200. The fourth-order valence-corrected chi connectivity index (χ4v) is 4.78. The third kappa shape index (κ3) is 6.57. The normalized spacial score (nSPS) is 13.8. The first-order chi connectivity index (χ1) is 20.7. The Balaban J connectivity index is 1.34. The summed E-state index contributed by atoms with van der Waals surface area (Å²) in [5, 5.41) is 9.98. The number of nitrogens with zero attached hydrogens (tertiary/aromatic N) is 1. The number of allylic oxidation sites excluding steroid dienone is 1. The number of nitriles is 1. The summed E-state index contributed by atoms with van der Waals surface area (Å²) in [4.78, 5) is 12.5. The molecule has 1 heterocycles. The molecule has 0 bridgehead atoms. The molecule has 43 heavy (non-hydrogen) atoms. The third-order valence-corrected chi connectivity index (χ3v) is 7.29. The lowest BCUT2D eigenvalue weighted by Gasteiger charge is -2.27. The fourth-order valence-electron chi connectivity index (χ4n) is 4.78. The van der Waals surface area contributed by atoms with Gasteiger partial charge in [0.25, 0.3) is 0 Å². The molecule has 4 aromatic rings. The van der Waals surface area contributed by atoms with E-state index >= 15 is 0 Å². The van der Waals surface area contributed by atoms with Gasteiger partial charge in [-0.25, -0.2) is 4.79 Å². The molecule has 0 saturated carbocycles.